The van der Waals surface area contributed by atoms with Crippen molar-refractivity contribution in [3.05, 3.63) is 65.0 Å². The van der Waals surface area contributed by atoms with E-state index in [-0.39, 0.29) is 5.82 Å². The molecule has 2 fully saturated rings. The Kier molecular flexibility index (Phi) is 6.34. The van der Waals surface area contributed by atoms with Crippen LogP contribution in [0.4, 0.5) is 10.1 Å². The predicted molar refractivity (Wildman–Crippen MR) is 133 cm³/mol. The van der Waals surface area contributed by atoms with Crippen LogP contribution in [-0.2, 0) is 6.42 Å². The minimum Gasteiger partial charge on any atom is -0.371 e. The third-order valence-corrected chi connectivity index (χ3v) is 7.63. The van der Waals surface area contributed by atoms with Crippen molar-refractivity contribution < 1.29 is 4.39 Å². The summed E-state index contributed by atoms with van der Waals surface area (Å²) in [6, 6.07) is 16.1. The molecule has 0 spiro atoms. The first-order chi connectivity index (χ1) is 15.5. The fourth-order valence-corrected chi connectivity index (χ4v) is 5.61. The number of benzene rings is 2. The third-order valence-electron chi connectivity index (χ3n) is 7.63. The highest BCUT2D eigenvalue weighted by atomic mass is 19.1. The van der Waals surface area contributed by atoms with Gasteiger partial charge in [-0.3, -0.25) is 0 Å². The summed E-state index contributed by atoms with van der Waals surface area (Å²) < 4.78 is 13.6. The number of hydrogen-bond acceptors (Lipinski definition) is 3. The van der Waals surface area contributed by atoms with Gasteiger partial charge in [-0.05, 0) is 106 Å². The molecule has 0 aromatic heterocycles. The van der Waals surface area contributed by atoms with E-state index in [1.54, 1.807) is 12.1 Å². The maximum atomic E-state index is 13.6. The molecule has 0 bridgehead atoms. The first-order valence-electron chi connectivity index (χ1n) is 12.4. The van der Waals surface area contributed by atoms with Gasteiger partial charge in [-0.15, -0.1) is 0 Å². The van der Waals surface area contributed by atoms with E-state index in [1.807, 2.05) is 6.07 Å². The molecule has 0 atom stereocenters. The van der Waals surface area contributed by atoms with Crippen LogP contribution in [0.2, 0.25) is 0 Å². The summed E-state index contributed by atoms with van der Waals surface area (Å²) in [5.74, 6) is -0.156. The number of halogens is 1. The normalized spacial score (nSPS) is 20.6. The van der Waals surface area contributed by atoms with E-state index in [4.69, 9.17) is 0 Å². The Morgan fingerprint density at radius 3 is 2.34 bits per heavy atom. The monoisotopic (exact) mass is 433 g/mol. The van der Waals surface area contributed by atoms with E-state index in [1.165, 1.54) is 61.2 Å². The van der Waals surface area contributed by atoms with Crippen molar-refractivity contribution in [3.8, 4) is 0 Å². The van der Waals surface area contributed by atoms with E-state index in [0.29, 0.717) is 18.1 Å². The van der Waals surface area contributed by atoms with Gasteiger partial charge in [0.2, 0.25) is 0 Å². The molecule has 5 rings (SSSR count). The Balaban J connectivity index is 1.16. The fourth-order valence-electron chi connectivity index (χ4n) is 5.61. The Morgan fingerprint density at radius 1 is 0.906 bits per heavy atom. The van der Waals surface area contributed by atoms with Crippen LogP contribution in [0.3, 0.4) is 0 Å². The smallest absolute Gasteiger partial charge is 0.123 e. The van der Waals surface area contributed by atoms with Gasteiger partial charge in [-0.2, -0.15) is 0 Å². The van der Waals surface area contributed by atoms with Gasteiger partial charge in [0.05, 0.1) is 0 Å². The summed E-state index contributed by atoms with van der Waals surface area (Å²) >= 11 is 0. The third kappa shape index (κ3) is 4.77. The average molecular weight is 434 g/mol. The van der Waals surface area contributed by atoms with Gasteiger partial charge in [0, 0.05) is 36.9 Å². The standard InChI is InChI=1S/C28H36FN3/c1-20(2)31-12-8-26(9-13-31)30-27-10-14-32(15-11-27)28-5-3-4-21(19-28)23-16-22-6-7-25(29)18-24(22)17-23/h3-7,17-20,26-27,30H,8-16H2,1-2H3. The molecular formula is C28H36FN3. The highest BCUT2D eigenvalue weighted by Crippen LogP contribution is 2.34. The molecule has 0 amide bonds. The van der Waals surface area contributed by atoms with Crippen molar-refractivity contribution in [2.75, 3.05) is 31.1 Å². The van der Waals surface area contributed by atoms with Crippen molar-refractivity contribution in [2.24, 2.45) is 0 Å². The van der Waals surface area contributed by atoms with Gasteiger partial charge in [0.25, 0.3) is 0 Å². The summed E-state index contributed by atoms with van der Waals surface area (Å²) in [5, 5.41) is 3.97. The number of nitrogens with zero attached hydrogens (tertiary/aromatic N) is 2. The molecule has 2 saturated heterocycles. The molecule has 3 aliphatic rings. The van der Waals surface area contributed by atoms with Crippen LogP contribution >= 0.6 is 0 Å². The van der Waals surface area contributed by atoms with Crippen LogP contribution in [-0.4, -0.2) is 49.2 Å². The number of rotatable bonds is 5. The van der Waals surface area contributed by atoms with Crippen LogP contribution < -0.4 is 10.2 Å². The second-order valence-corrected chi connectivity index (χ2v) is 10.1. The lowest BCUT2D eigenvalue weighted by Crippen LogP contribution is -2.50. The lowest BCUT2D eigenvalue weighted by Gasteiger charge is -2.39. The number of fused-ring (bicyclic) bond motifs is 1. The van der Waals surface area contributed by atoms with Crippen LogP contribution in [0.5, 0.6) is 0 Å². The molecular weight excluding hydrogens is 397 g/mol. The molecule has 0 unspecified atom stereocenters. The molecule has 3 nitrogen and oxygen atoms in total. The number of allylic oxidation sites excluding steroid dienone is 1. The van der Waals surface area contributed by atoms with E-state index in [2.05, 4.69) is 59.3 Å². The fraction of sp³-hybridized carbons (Fsp3) is 0.500. The Bertz CT molecular complexity index is 966. The van der Waals surface area contributed by atoms with Gasteiger partial charge in [0.15, 0.2) is 0 Å². The van der Waals surface area contributed by atoms with Crippen molar-refractivity contribution in [2.45, 2.75) is 64.1 Å². The van der Waals surface area contributed by atoms with E-state index < -0.39 is 0 Å². The Hall–Kier alpha value is -2.17. The van der Waals surface area contributed by atoms with Crippen molar-refractivity contribution in [1.29, 1.82) is 0 Å². The second-order valence-electron chi connectivity index (χ2n) is 10.1. The molecule has 0 radical (unpaired) electrons. The summed E-state index contributed by atoms with van der Waals surface area (Å²) in [4.78, 5) is 5.13. The van der Waals surface area contributed by atoms with Gasteiger partial charge in [-0.25, -0.2) is 4.39 Å². The minimum absolute atomic E-state index is 0.156. The van der Waals surface area contributed by atoms with Gasteiger partial charge >= 0.3 is 0 Å². The number of nitrogens with one attached hydrogen (secondary N) is 1. The molecule has 0 saturated carbocycles. The summed E-state index contributed by atoms with van der Waals surface area (Å²) in [6.45, 7) is 9.29. The molecule has 2 aromatic carbocycles. The van der Waals surface area contributed by atoms with Crippen molar-refractivity contribution in [3.63, 3.8) is 0 Å². The van der Waals surface area contributed by atoms with Crippen molar-refractivity contribution >= 4 is 17.3 Å². The molecule has 2 aromatic rings. The SMILES string of the molecule is CC(C)N1CCC(NC2CCN(c3cccc(C4=Cc5cc(F)ccc5C4)c3)CC2)CC1. The zero-order chi connectivity index (χ0) is 22.1. The first kappa shape index (κ1) is 21.7. The molecule has 1 aliphatic carbocycles. The van der Waals surface area contributed by atoms with Crippen LogP contribution in [0.25, 0.3) is 11.6 Å². The first-order valence-corrected chi connectivity index (χ1v) is 12.4. The summed E-state index contributed by atoms with van der Waals surface area (Å²) in [6.07, 6.45) is 8.02. The van der Waals surface area contributed by atoms with Crippen LogP contribution in [0.1, 0.15) is 56.2 Å². The molecule has 170 valence electrons. The largest absolute Gasteiger partial charge is 0.371 e. The zero-order valence-electron chi connectivity index (χ0n) is 19.5. The number of hydrogen-bond donors (Lipinski definition) is 1. The van der Waals surface area contributed by atoms with E-state index in [0.717, 1.165) is 25.1 Å². The Morgan fingerprint density at radius 2 is 1.62 bits per heavy atom. The zero-order valence-corrected chi connectivity index (χ0v) is 19.5. The summed E-state index contributed by atoms with van der Waals surface area (Å²) in [7, 11) is 0. The highest BCUT2D eigenvalue weighted by Gasteiger charge is 2.26. The predicted octanol–water partition coefficient (Wildman–Crippen LogP) is 5.35. The second kappa shape index (κ2) is 9.36. The molecule has 32 heavy (non-hydrogen) atoms. The van der Waals surface area contributed by atoms with Gasteiger partial charge in [-0.1, -0.05) is 24.3 Å². The van der Waals surface area contributed by atoms with Gasteiger partial charge in [0.1, 0.15) is 5.82 Å². The quantitative estimate of drug-likeness (QED) is 0.685. The molecule has 4 heteroatoms. The van der Waals surface area contributed by atoms with E-state index >= 15 is 0 Å². The van der Waals surface area contributed by atoms with Crippen LogP contribution in [0.15, 0.2) is 42.5 Å². The number of likely N-dealkylation sites (tertiary alicyclic amines) is 1. The average Bonchev–Trinajstić information content (AvgIpc) is 3.23. The highest BCUT2D eigenvalue weighted by molar-refractivity contribution is 5.89. The topological polar surface area (TPSA) is 18.5 Å². The number of anilines is 1. The maximum absolute atomic E-state index is 13.6. The van der Waals surface area contributed by atoms with Crippen LogP contribution in [0, 0.1) is 5.82 Å². The molecule has 2 heterocycles. The minimum atomic E-state index is -0.156. The molecule has 2 aliphatic heterocycles. The molecule has 1 N–H and O–H groups in total. The number of piperidine rings is 2. The van der Waals surface area contributed by atoms with Gasteiger partial charge < -0.3 is 15.1 Å². The lowest BCUT2D eigenvalue weighted by atomic mass is 9.98. The van der Waals surface area contributed by atoms with E-state index in [9.17, 15) is 4.39 Å². The van der Waals surface area contributed by atoms with Crippen molar-refractivity contribution in [1.82, 2.24) is 10.2 Å². The maximum Gasteiger partial charge on any atom is 0.123 e. The Labute approximate surface area is 192 Å². The summed E-state index contributed by atoms with van der Waals surface area (Å²) in [5.41, 5.74) is 6.11. The lowest BCUT2D eigenvalue weighted by molar-refractivity contribution is 0.154.